The van der Waals surface area contributed by atoms with E-state index in [1.54, 1.807) is 6.07 Å². The molecule has 1 amide bonds. The molecule has 2 aromatic rings. The first-order valence-corrected chi connectivity index (χ1v) is 9.93. The number of nitrogens with zero attached hydrogens (tertiary/aromatic N) is 2. The average Bonchev–Trinajstić information content (AvgIpc) is 2.90. The fraction of sp³-hybridized carbons (Fsp3) is 0.381. The van der Waals surface area contributed by atoms with Crippen LogP contribution in [0.5, 0.6) is 0 Å². The van der Waals surface area contributed by atoms with Gasteiger partial charge < -0.3 is 9.80 Å². The molecule has 0 aromatic heterocycles. The van der Waals surface area contributed by atoms with Gasteiger partial charge in [-0.1, -0.05) is 30.3 Å². The standard InChI is InChI=1S/C21H24BrFN2O/c22-20-10-9-18(23)16-19(20)21(26)25-13-5-12-24(14-15-25)11-4-8-17-6-2-1-3-7-17/h1-3,6-7,9-10,16H,4-5,8,11-15H2. The lowest BCUT2D eigenvalue weighted by atomic mass is 10.1. The summed E-state index contributed by atoms with van der Waals surface area (Å²) in [7, 11) is 0. The molecule has 3 rings (SSSR count). The normalized spacial score (nSPS) is 15.7. The third-order valence-corrected chi connectivity index (χ3v) is 5.51. The number of carbonyl (C=O) groups excluding carboxylic acids is 1. The number of halogens is 2. The molecule has 2 aromatic carbocycles. The van der Waals surface area contributed by atoms with Crippen LogP contribution >= 0.6 is 15.9 Å². The molecule has 138 valence electrons. The fourth-order valence-electron chi connectivity index (χ4n) is 3.38. The van der Waals surface area contributed by atoms with Crippen LogP contribution in [0.4, 0.5) is 4.39 Å². The summed E-state index contributed by atoms with van der Waals surface area (Å²) in [6.07, 6.45) is 3.15. The lowest BCUT2D eigenvalue weighted by Gasteiger charge is -2.22. The summed E-state index contributed by atoms with van der Waals surface area (Å²) in [6, 6.07) is 14.8. The predicted octanol–water partition coefficient (Wildman–Crippen LogP) is 4.37. The Balaban J connectivity index is 1.51. The van der Waals surface area contributed by atoms with Crippen LogP contribution in [0.3, 0.4) is 0 Å². The van der Waals surface area contributed by atoms with Crippen LogP contribution in [0.1, 0.15) is 28.8 Å². The van der Waals surface area contributed by atoms with Gasteiger partial charge in [0.15, 0.2) is 0 Å². The molecule has 0 N–H and O–H groups in total. The SMILES string of the molecule is O=C(c1cc(F)ccc1Br)N1CCCN(CCCc2ccccc2)CC1. The largest absolute Gasteiger partial charge is 0.337 e. The van der Waals surface area contributed by atoms with Crippen LogP contribution in [0.25, 0.3) is 0 Å². The molecule has 0 bridgehead atoms. The zero-order valence-corrected chi connectivity index (χ0v) is 16.4. The van der Waals surface area contributed by atoms with Crippen molar-refractivity contribution < 1.29 is 9.18 Å². The average molecular weight is 419 g/mol. The maximum atomic E-state index is 13.5. The molecule has 0 radical (unpaired) electrons. The second-order valence-electron chi connectivity index (χ2n) is 6.70. The van der Waals surface area contributed by atoms with Crippen molar-refractivity contribution in [3.05, 3.63) is 69.9 Å². The molecule has 1 aliphatic rings. The summed E-state index contributed by atoms with van der Waals surface area (Å²) in [5.41, 5.74) is 1.78. The van der Waals surface area contributed by atoms with E-state index >= 15 is 0 Å². The summed E-state index contributed by atoms with van der Waals surface area (Å²) in [5, 5.41) is 0. The third-order valence-electron chi connectivity index (χ3n) is 4.82. The number of rotatable bonds is 5. The topological polar surface area (TPSA) is 23.6 Å². The Morgan fingerprint density at radius 2 is 1.85 bits per heavy atom. The van der Waals surface area contributed by atoms with E-state index in [9.17, 15) is 9.18 Å². The first-order chi connectivity index (χ1) is 12.6. The molecule has 1 fully saturated rings. The van der Waals surface area contributed by atoms with Gasteiger partial charge in [-0.3, -0.25) is 4.79 Å². The zero-order valence-electron chi connectivity index (χ0n) is 14.8. The smallest absolute Gasteiger partial charge is 0.255 e. The number of aryl methyl sites for hydroxylation is 1. The minimum Gasteiger partial charge on any atom is -0.337 e. The van der Waals surface area contributed by atoms with Gasteiger partial charge in [-0.15, -0.1) is 0 Å². The van der Waals surface area contributed by atoms with Gasteiger partial charge in [-0.05, 0) is 72.0 Å². The van der Waals surface area contributed by atoms with Crippen molar-refractivity contribution in [1.29, 1.82) is 0 Å². The molecule has 0 aliphatic carbocycles. The van der Waals surface area contributed by atoms with Crippen LogP contribution in [-0.4, -0.2) is 48.4 Å². The summed E-state index contributed by atoms with van der Waals surface area (Å²) in [4.78, 5) is 17.0. The maximum absolute atomic E-state index is 13.5. The predicted molar refractivity (Wildman–Crippen MR) is 106 cm³/mol. The Bertz CT molecular complexity index is 738. The maximum Gasteiger partial charge on any atom is 0.255 e. The van der Waals surface area contributed by atoms with Gasteiger partial charge in [0, 0.05) is 24.1 Å². The molecular formula is C21H24BrFN2O. The lowest BCUT2D eigenvalue weighted by molar-refractivity contribution is 0.0760. The van der Waals surface area contributed by atoms with Crippen LogP contribution < -0.4 is 0 Å². The number of hydrogen-bond donors (Lipinski definition) is 0. The Morgan fingerprint density at radius 1 is 1.04 bits per heavy atom. The Labute approximate surface area is 162 Å². The molecular weight excluding hydrogens is 395 g/mol. The number of hydrogen-bond acceptors (Lipinski definition) is 2. The zero-order chi connectivity index (χ0) is 18.4. The molecule has 5 heteroatoms. The first kappa shape index (κ1) is 19.1. The van der Waals surface area contributed by atoms with E-state index in [0.29, 0.717) is 16.6 Å². The van der Waals surface area contributed by atoms with Gasteiger partial charge in [-0.25, -0.2) is 4.39 Å². The second-order valence-corrected chi connectivity index (χ2v) is 7.56. The van der Waals surface area contributed by atoms with Crippen LogP contribution in [0.15, 0.2) is 53.0 Å². The van der Waals surface area contributed by atoms with Crippen molar-refractivity contribution in [3.8, 4) is 0 Å². The monoisotopic (exact) mass is 418 g/mol. The molecule has 1 saturated heterocycles. The second kappa shape index (κ2) is 9.28. The van der Waals surface area contributed by atoms with Gasteiger partial charge in [0.2, 0.25) is 0 Å². The van der Waals surface area contributed by atoms with E-state index in [0.717, 1.165) is 45.4 Å². The summed E-state index contributed by atoms with van der Waals surface area (Å²) < 4.78 is 14.1. The van der Waals surface area contributed by atoms with E-state index in [1.807, 2.05) is 11.0 Å². The Hall–Kier alpha value is -1.72. The Morgan fingerprint density at radius 3 is 2.65 bits per heavy atom. The molecule has 26 heavy (non-hydrogen) atoms. The number of amides is 1. The Kier molecular flexibility index (Phi) is 6.80. The van der Waals surface area contributed by atoms with E-state index < -0.39 is 0 Å². The van der Waals surface area contributed by atoms with Gasteiger partial charge in [-0.2, -0.15) is 0 Å². The molecule has 0 spiro atoms. The highest BCUT2D eigenvalue weighted by molar-refractivity contribution is 9.10. The van der Waals surface area contributed by atoms with Crippen molar-refractivity contribution in [2.75, 3.05) is 32.7 Å². The van der Waals surface area contributed by atoms with Crippen LogP contribution in [0.2, 0.25) is 0 Å². The van der Waals surface area contributed by atoms with Crippen molar-refractivity contribution >= 4 is 21.8 Å². The first-order valence-electron chi connectivity index (χ1n) is 9.14. The highest BCUT2D eigenvalue weighted by atomic mass is 79.9. The van der Waals surface area contributed by atoms with Gasteiger partial charge in [0.1, 0.15) is 5.82 Å². The van der Waals surface area contributed by atoms with E-state index in [4.69, 9.17) is 0 Å². The number of carbonyl (C=O) groups is 1. The van der Waals surface area contributed by atoms with Gasteiger partial charge >= 0.3 is 0 Å². The molecule has 1 aliphatic heterocycles. The van der Waals surface area contributed by atoms with E-state index in [1.165, 1.54) is 17.7 Å². The van der Waals surface area contributed by atoms with Crippen molar-refractivity contribution in [2.45, 2.75) is 19.3 Å². The number of benzene rings is 2. The summed E-state index contributed by atoms with van der Waals surface area (Å²) >= 11 is 3.36. The fourth-order valence-corrected chi connectivity index (χ4v) is 3.80. The third kappa shape index (κ3) is 5.15. The van der Waals surface area contributed by atoms with Crippen molar-refractivity contribution in [1.82, 2.24) is 9.80 Å². The lowest BCUT2D eigenvalue weighted by Crippen LogP contribution is -2.35. The molecule has 0 saturated carbocycles. The van der Waals surface area contributed by atoms with Crippen LogP contribution in [-0.2, 0) is 6.42 Å². The van der Waals surface area contributed by atoms with Crippen molar-refractivity contribution in [2.24, 2.45) is 0 Å². The van der Waals surface area contributed by atoms with Crippen molar-refractivity contribution in [3.63, 3.8) is 0 Å². The van der Waals surface area contributed by atoms with E-state index in [2.05, 4.69) is 45.1 Å². The summed E-state index contributed by atoms with van der Waals surface area (Å²) in [5.74, 6) is -0.476. The van der Waals surface area contributed by atoms with Crippen LogP contribution in [0, 0.1) is 5.82 Å². The highest BCUT2D eigenvalue weighted by Gasteiger charge is 2.22. The molecule has 3 nitrogen and oxygen atoms in total. The molecule has 1 heterocycles. The highest BCUT2D eigenvalue weighted by Crippen LogP contribution is 2.20. The quantitative estimate of drug-likeness (QED) is 0.719. The van der Waals surface area contributed by atoms with E-state index in [-0.39, 0.29) is 11.7 Å². The van der Waals surface area contributed by atoms with Gasteiger partial charge in [0.05, 0.1) is 5.56 Å². The van der Waals surface area contributed by atoms with Gasteiger partial charge in [0.25, 0.3) is 5.91 Å². The molecule has 0 unspecified atom stereocenters. The summed E-state index contributed by atoms with van der Waals surface area (Å²) in [6.45, 7) is 4.32. The molecule has 0 atom stereocenters. The minimum atomic E-state index is -0.381. The minimum absolute atomic E-state index is 0.0949.